The molecule has 2 heteroatoms. The number of halogens is 1. The molecule has 1 saturated carbocycles. The summed E-state index contributed by atoms with van der Waals surface area (Å²) in [4.78, 5) is 0. The van der Waals surface area contributed by atoms with Crippen molar-refractivity contribution in [3.05, 3.63) is 34.3 Å². The third kappa shape index (κ3) is 2.11. The van der Waals surface area contributed by atoms with Gasteiger partial charge in [-0.2, -0.15) is 0 Å². The molecule has 1 aromatic rings. The van der Waals surface area contributed by atoms with Gasteiger partial charge in [-0.15, -0.1) is 0 Å². The zero-order chi connectivity index (χ0) is 10.9. The summed E-state index contributed by atoms with van der Waals surface area (Å²) in [5.74, 6) is 0.440. The molecule has 82 valence electrons. The summed E-state index contributed by atoms with van der Waals surface area (Å²) in [5.41, 5.74) is 7.85. The van der Waals surface area contributed by atoms with Crippen molar-refractivity contribution in [2.75, 3.05) is 0 Å². The molecule has 0 spiro atoms. The number of hydrogen-bond acceptors (Lipinski definition) is 1. The lowest BCUT2D eigenvalue weighted by atomic mass is 9.80. The van der Waals surface area contributed by atoms with Gasteiger partial charge in [0.2, 0.25) is 0 Å². The number of rotatable bonds is 2. The SMILES string of the molecule is CC(c1ccccc1Br)C1(N)CCCC1. The second-order valence-electron chi connectivity index (χ2n) is 4.68. The Hall–Kier alpha value is -0.340. The van der Waals surface area contributed by atoms with Crippen LogP contribution in [0.25, 0.3) is 0 Å². The van der Waals surface area contributed by atoms with E-state index in [1.807, 2.05) is 0 Å². The van der Waals surface area contributed by atoms with E-state index in [1.165, 1.54) is 22.9 Å². The van der Waals surface area contributed by atoms with E-state index in [2.05, 4.69) is 47.1 Å². The van der Waals surface area contributed by atoms with E-state index in [0.29, 0.717) is 5.92 Å². The zero-order valence-electron chi connectivity index (χ0n) is 9.17. The van der Waals surface area contributed by atoms with Gasteiger partial charge in [-0.1, -0.05) is 53.9 Å². The van der Waals surface area contributed by atoms with E-state index >= 15 is 0 Å². The molecule has 0 aromatic heterocycles. The minimum Gasteiger partial charge on any atom is -0.325 e. The van der Waals surface area contributed by atoms with Crippen LogP contribution in [0.15, 0.2) is 28.7 Å². The highest BCUT2D eigenvalue weighted by Gasteiger charge is 2.36. The molecular formula is C13H18BrN. The topological polar surface area (TPSA) is 26.0 Å². The molecule has 1 aromatic carbocycles. The van der Waals surface area contributed by atoms with E-state index in [-0.39, 0.29) is 5.54 Å². The van der Waals surface area contributed by atoms with Crippen molar-refractivity contribution < 1.29 is 0 Å². The number of benzene rings is 1. The highest BCUT2D eigenvalue weighted by molar-refractivity contribution is 9.10. The Bertz CT molecular complexity index is 342. The van der Waals surface area contributed by atoms with Crippen LogP contribution in [0.5, 0.6) is 0 Å². The Morgan fingerprint density at radius 2 is 1.87 bits per heavy atom. The molecule has 1 aliphatic rings. The predicted octanol–water partition coefficient (Wildman–Crippen LogP) is 3.82. The molecule has 1 fully saturated rings. The van der Waals surface area contributed by atoms with Crippen molar-refractivity contribution in [2.24, 2.45) is 5.73 Å². The Labute approximate surface area is 100 Å². The smallest absolute Gasteiger partial charge is 0.0221 e. The first-order valence-electron chi connectivity index (χ1n) is 5.67. The summed E-state index contributed by atoms with van der Waals surface area (Å²) in [5, 5.41) is 0. The first-order valence-corrected chi connectivity index (χ1v) is 6.46. The van der Waals surface area contributed by atoms with Crippen molar-refractivity contribution in [1.29, 1.82) is 0 Å². The lowest BCUT2D eigenvalue weighted by molar-refractivity contribution is 0.370. The van der Waals surface area contributed by atoms with Gasteiger partial charge in [0.15, 0.2) is 0 Å². The van der Waals surface area contributed by atoms with Crippen LogP contribution >= 0.6 is 15.9 Å². The minimum absolute atomic E-state index is 0.0177. The molecule has 0 bridgehead atoms. The largest absolute Gasteiger partial charge is 0.325 e. The van der Waals surface area contributed by atoms with Crippen molar-refractivity contribution in [3.63, 3.8) is 0 Å². The van der Waals surface area contributed by atoms with Gasteiger partial charge in [0.05, 0.1) is 0 Å². The van der Waals surface area contributed by atoms with Crippen LogP contribution in [0, 0.1) is 0 Å². The van der Waals surface area contributed by atoms with Crippen LogP contribution in [-0.2, 0) is 0 Å². The van der Waals surface area contributed by atoms with Crippen LogP contribution in [0.4, 0.5) is 0 Å². The van der Waals surface area contributed by atoms with Crippen molar-refractivity contribution >= 4 is 15.9 Å². The van der Waals surface area contributed by atoms with Crippen LogP contribution in [-0.4, -0.2) is 5.54 Å². The summed E-state index contributed by atoms with van der Waals surface area (Å²) >= 11 is 3.61. The van der Waals surface area contributed by atoms with Crippen molar-refractivity contribution in [3.8, 4) is 0 Å². The fraction of sp³-hybridized carbons (Fsp3) is 0.538. The van der Waals surface area contributed by atoms with E-state index in [0.717, 1.165) is 12.8 Å². The van der Waals surface area contributed by atoms with Gasteiger partial charge in [0.25, 0.3) is 0 Å². The molecule has 1 nitrogen and oxygen atoms in total. The van der Waals surface area contributed by atoms with Gasteiger partial charge in [-0.25, -0.2) is 0 Å². The molecule has 0 radical (unpaired) electrons. The van der Waals surface area contributed by atoms with Crippen molar-refractivity contribution in [1.82, 2.24) is 0 Å². The second kappa shape index (κ2) is 4.26. The maximum Gasteiger partial charge on any atom is 0.0221 e. The lowest BCUT2D eigenvalue weighted by Crippen LogP contribution is -2.41. The molecule has 2 rings (SSSR count). The number of hydrogen-bond donors (Lipinski definition) is 1. The van der Waals surface area contributed by atoms with Crippen molar-refractivity contribution in [2.45, 2.75) is 44.1 Å². The van der Waals surface area contributed by atoms with Crippen LogP contribution < -0.4 is 5.73 Å². The molecule has 1 unspecified atom stereocenters. The summed E-state index contributed by atoms with van der Waals surface area (Å²) < 4.78 is 1.19. The summed E-state index contributed by atoms with van der Waals surface area (Å²) in [6.45, 7) is 2.26. The first kappa shape index (κ1) is 11.2. The quantitative estimate of drug-likeness (QED) is 0.866. The van der Waals surface area contributed by atoms with E-state index in [4.69, 9.17) is 5.73 Å². The van der Waals surface area contributed by atoms with Crippen LogP contribution in [0.2, 0.25) is 0 Å². The standard InChI is InChI=1S/C13H18BrN/c1-10(13(15)8-4-5-9-13)11-6-2-3-7-12(11)14/h2-3,6-7,10H,4-5,8-9,15H2,1H3. The third-order valence-corrected chi connectivity index (χ3v) is 4.49. The van der Waals surface area contributed by atoms with Crippen LogP contribution in [0.3, 0.4) is 0 Å². The Balaban J connectivity index is 2.27. The van der Waals surface area contributed by atoms with Gasteiger partial charge in [0, 0.05) is 15.9 Å². The average molecular weight is 268 g/mol. The van der Waals surface area contributed by atoms with E-state index in [9.17, 15) is 0 Å². The molecule has 0 heterocycles. The van der Waals surface area contributed by atoms with E-state index in [1.54, 1.807) is 0 Å². The van der Waals surface area contributed by atoms with Gasteiger partial charge in [0.1, 0.15) is 0 Å². The van der Waals surface area contributed by atoms with Crippen LogP contribution in [0.1, 0.15) is 44.1 Å². The minimum atomic E-state index is 0.0177. The molecule has 1 aliphatic carbocycles. The normalized spacial score (nSPS) is 21.5. The zero-order valence-corrected chi connectivity index (χ0v) is 10.8. The molecule has 2 N–H and O–H groups in total. The average Bonchev–Trinajstić information content (AvgIpc) is 2.66. The fourth-order valence-corrected chi connectivity index (χ4v) is 3.23. The number of nitrogens with two attached hydrogens (primary N) is 1. The van der Waals surface area contributed by atoms with E-state index < -0.39 is 0 Å². The molecule has 0 aliphatic heterocycles. The first-order chi connectivity index (χ1) is 7.13. The molecular weight excluding hydrogens is 250 g/mol. The summed E-state index contributed by atoms with van der Waals surface area (Å²) in [6.07, 6.45) is 4.89. The lowest BCUT2D eigenvalue weighted by Gasteiger charge is -2.32. The Kier molecular flexibility index (Phi) is 3.17. The molecule has 15 heavy (non-hydrogen) atoms. The van der Waals surface area contributed by atoms with Gasteiger partial charge < -0.3 is 5.73 Å². The second-order valence-corrected chi connectivity index (χ2v) is 5.54. The monoisotopic (exact) mass is 267 g/mol. The highest BCUT2D eigenvalue weighted by atomic mass is 79.9. The maximum atomic E-state index is 6.48. The van der Waals surface area contributed by atoms with Gasteiger partial charge in [-0.05, 0) is 24.5 Å². The Morgan fingerprint density at radius 3 is 2.47 bits per heavy atom. The Morgan fingerprint density at radius 1 is 1.27 bits per heavy atom. The molecule has 1 atom stereocenters. The summed E-state index contributed by atoms with van der Waals surface area (Å²) in [6, 6.07) is 8.43. The molecule has 0 saturated heterocycles. The molecule has 0 amide bonds. The third-order valence-electron chi connectivity index (χ3n) is 3.77. The fourth-order valence-electron chi connectivity index (χ4n) is 2.60. The maximum absolute atomic E-state index is 6.48. The van der Waals surface area contributed by atoms with Gasteiger partial charge >= 0.3 is 0 Å². The summed E-state index contributed by atoms with van der Waals surface area (Å²) in [7, 11) is 0. The van der Waals surface area contributed by atoms with Gasteiger partial charge in [-0.3, -0.25) is 0 Å². The highest BCUT2D eigenvalue weighted by Crippen LogP contribution is 2.40. The predicted molar refractivity (Wildman–Crippen MR) is 67.9 cm³/mol.